The van der Waals surface area contributed by atoms with E-state index in [4.69, 9.17) is 4.98 Å². The van der Waals surface area contributed by atoms with Gasteiger partial charge in [-0.2, -0.15) is 5.10 Å². The molecule has 1 saturated heterocycles. The first-order valence-corrected chi connectivity index (χ1v) is 10.5. The van der Waals surface area contributed by atoms with Gasteiger partial charge >= 0.3 is 0 Å². The van der Waals surface area contributed by atoms with Gasteiger partial charge in [-0.25, -0.2) is 13.9 Å². The third-order valence-electron chi connectivity index (χ3n) is 6.84. The first kappa shape index (κ1) is 17.0. The van der Waals surface area contributed by atoms with Crippen LogP contribution in [0.4, 0.5) is 10.2 Å². The molecule has 2 fully saturated rings. The van der Waals surface area contributed by atoms with Gasteiger partial charge in [0.1, 0.15) is 11.6 Å². The van der Waals surface area contributed by atoms with Gasteiger partial charge in [-0.05, 0) is 67.9 Å². The van der Waals surface area contributed by atoms with Gasteiger partial charge in [0.2, 0.25) is 0 Å². The van der Waals surface area contributed by atoms with Crippen molar-refractivity contribution in [1.29, 1.82) is 0 Å². The Labute approximate surface area is 169 Å². The maximum absolute atomic E-state index is 14.2. The number of halogens is 1. The molecule has 3 aliphatic rings. The molecular weight excluding hydrogens is 365 g/mol. The van der Waals surface area contributed by atoms with Crippen LogP contribution in [0.3, 0.4) is 0 Å². The number of hydrogen-bond acceptors (Lipinski definition) is 4. The maximum atomic E-state index is 14.2. The molecule has 2 bridgehead atoms. The fourth-order valence-corrected chi connectivity index (χ4v) is 5.05. The molecule has 0 radical (unpaired) electrons. The summed E-state index contributed by atoms with van der Waals surface area (Å²) in [5.74, 6) is 0.763. The molecule has 1 saturated carbocycles. The monoisotopic (exact) mass is 389 g/mol. The lowest BCUT2D eigenvalue weighted by atomic mass is 9.93. The minimum Gasteiger partial charge on any atom is -0.379 e. The van der Waals surface area contributed by atoms with Gasteiger partial charge in [0.15, 0.2) is 5.65 Å². The second-order valence-corrected chi connectivity index (χ2v) is 8.69. The summed E-state index contributed by atoms with van der Waals surface area (Å²) in [6.45, 7) is 5.23. The standard InChI is InChI=1S/C23H24FN5/c1-15-19-14-25-29-12-7-21(26-22(19)29)28-11-2-3-20(28)18-13-17(24)5-4-16(18)6-8-23(27-15)9-10-23/h4-5,7,12-14,20,27H,1-3,6,8-11H2. The largest absolute Gasteiger partial charge is 0.379 e. The SMILES string of the molecule is C=C1NC2(CCc3ccc(F)cc3C3CCCN3c3ccn4ncc1c4n3)CC2. The van der Waals surface area contributed by atoms with Crippen LogP contribution < -0.4 is 10.2 Å². The average molecular weight is 389 g/mol. The zero-order valence-corrected chi connectivity index (χ0v) is 16.4. The van der Waals surface area contributed by atoms with Gasteiger partial charge in [0, 0.05) is 24.0 Å². The summed E-state index contributed by atoms with van der Waals surface area (Å²) in [6, 6.07) is 7.50. The molecule has 6 rings (SSSR count). The van der Waals surface area contributed by atoms with Crippen LogP contribution in [0.2, 0.25) is 0 Å². The number of aryl methyl sites for hydroxylation is 1. The second kappa shape index (κ2) is 6.05. The summed E-state index contributed by atoms with van der Waals surface area (Å²) in [7, 11) is 0. The summed E-state index contributed by atoms with van der Waals surface area (Å²) < 4.78 is 16.0. The van der Waals surface area contributed by atoms with E-state index in [0.717, 1.165) is 73.4 Å². The zero-order valence-electron chi connectivity index (χ0n) is 16.4. The van der Waals surface area contributed by atoms with E-state index in [0.29, 0.717) is 0 Å². The number of fused-ring (bicyclic) bond motifs is 5. The molecule has 29 heavy (non-hydrogen) atoms. The first-order valence-electron chi connectivity index (χ1n) is 10.5. The number of hydrogen-bond donors (Lipinski definition) is 1. The van der Waals surface area contributed by atoms with Gasteiger partial charge < -0.3 is 10.2 Å². The average Bonchev–Trinajstić information content (AvgIpc) is 3.14. The smallest absolute Gasteiger partial charge is 0.166 e. The Bertz CT molecular complexity index is 1130. The maximum Gasteiger partial charge on any atom is 0.166 e. The van der Waals surface area contributed by atoms with Crippen molar-refractivity contribution in [2.24, 2.45) is 0 Å². The molecule has 4 heterocycles. The topological polar surface area (TPSA) is 45.5 Å². The molecule has 2 aromatic heterocycles. The van der Waals surface area contributed by atoms with E-state index in [1.54, 1.807) is 12.1 Å². The molecule has 1 spiro atoms. The van der Waals surface area contributed by atoms with Gasteiger partial charge in [-0.15, -0.1) is 0 Å². The summed E-state index contributed by atoms with van der Waals surface area (Å²) in [5, 5.41) is 8.15. The van der Waals surface area contributed by atoms with Crippen LogP contribution in [0.1, 0.15) is 54.8 Å². The van der Waals surface area contributed by atoms with Gasteiger partial charge in [-0.3, -0.25) is 0 Å². The summed E-state index contributed by atoms with van der Waals surface area (Å²) in [6.07, 6.45) is 10.1. The molecule has 1 aromatic carbocycles. The fourth-order valence-electron chi connectivity index (χ4n) is 5.05. The Kier molecular flexibility index (Phi) is 3.55. The third-order valence-corrected chi connectivity index (χ3v) is 6.84. The van der Waals surface area contributed by atoms with E-state index < -0.39 is 0 Å². The van der Waals surface area contributed by atoms with Crippen molar-refractivity contribution in [2.75, 3.05) is 11.4 Å². The summed E-state index contributed by atoms with van der Waals surface area (Å²) in [5.41, 5.74) is 5.12. The van der Waals surface area contributed by atoms with E-state index in [9.17, 15) is 4.39 Å². The number of aromatic nitrogens is 3. The van der Waals surface area contributed by atoms with Crippen molar-refractivity contribution in [3.8, 4) is 0 Å². The van der Waals surface area contributed by atoms with E-state index >= 15 is 0 Å². The van der Waals surface area contributed by atoms with Crippen LogP contribution in [-0.4, -0.2) is 26.7 Å². The molecule has 0 amide bonds. The minimum atomic E-state index is -0.158. The first-order chi connectivity index (χ1) is 14.1. The van der Waals surface area contributed by atoms with Crippen LogP contribution >= 0.6 is 0 Å². The van der Waals surface area contributed by atoms with Crippen molar-refractivity contribution in [3.63, 3.8) is 0 Å². The summed E-state index contributed by atoms with van der Waals surface area (Å²) in [4.78, 5) is 7.30. The minimum absolute atomic E-state index is 0.0814. The van der Waals surface area contributed by atoms with E-state index in [1.807, 2.05) is 29.0 Å². The molecule has 1 N–H and O–H groups in total. The van der Waals surface area contributed by atoms with E-state index in [-0.39, 0.29) is 17.4 Å². The van der Waals surface area contributed by atoms with Gasteiger partial charge in [0.05, 0.1) is 17.8 Å². The van der Waals surface area contributed by atoms with Crippen molar-refractivity contribution in [1.82, 2.24) is 19.9 Å². The molecule has 3 aromatic rings. The van der Waals surface area contributed by atoms with Crippen LogP contribution in [0.25, 0.3) is 11.3 Å². The predicted octanol–water partition coefficient (Wildman–Crippen LogP) is 4.25. The number of benzene rings is 1. The molecule has 148 valence electrons. The molecule has 6 heteroatoms. The lowest BCUT2D eigenvalue weighted by Crippen LogP contribution is -2.30. The number of anilines is 1. The van der Waals surface area contributed by atoms with Crippen molar-refractivity contribution in [2.45, 2.75) is 50.1 Å². The number of rotatable bonds is 0. The van der Waals surface area contributed by atoms with Crippen molar-refractivity contribution < 1.29 is 4.39 Å². The molecule has 1 atom stereocenters. The number of nitrogens with one attached hydrogen (secondary N) is 1. The van der Waals surface area contributed by atoms with Crippen LogP contribution in [0, 0.1) is 5.82 Å². The molecule has 1 aliphatic carbocycles. The molecule has 5 nitrogen and oxygen atoms in total. The highest BCUT2D eigenvalue weighted by Gasteiger charge is 2.43. The van der Waals surface area contributed by atoms with Gasteiger partial charge in [-0.1, -0.05) is 12.6 Å². The Morgan fingerprint density at radius 3 is 2.97 bits per heavy atom. The van der Waals surface area contributed by atoms with E-state index in [2.05, 4.69) is 21.9 Å². The Morgan fingerprint density at radius 1 is 1.21 bits per heavy atom. The van der Waals surface area contributed by atoms with Crippen molar-refractivity contribution in [3.05, 3.63) is 65.7 Å². The van der Waals surface area contributed by atoms with Crippen LogP contribution in [0.15, 0.2) is 43.2 Å². The van der Waals surface area contributed by atoms with Crippen LogP contribution in [-0.2, 0) is 6.42 Å². The van der Waals surface area contributed by atoms with Crippen molar-refractivity contribution >= 4 is 17.2 Å². The highest BCUT2D eigenvalue weighted by molar-refractivity contribution is 5.74. The summed E-state index contributed by atoms with van der Waals surface area (Å²) >= 11 is 0. The fraction of sp³-hybridized carbons (Fsp3) is 0.391. The normalized spacial score (nSPS) is 22.6. The Balaban J connectivity index is 1.54. The van der Waals surface area contributed by atoms with E-state index in [1.165, 1.54) is 5.56 Å². The predicted molar refractivity (Wildman–Crippen MR) is 111 cm³/mol. The zero-order chi connectivity index (χ0) is 19.6. The second-order valence-electron chi connectivity index (χ2n) is 8.69. The van der Waals surface area contributed by atoms with Crippen LogP contribution in [0.5, 0.6) is 0 Å². The lowest BCUT2D eigenvalue weighted by Gasteiger charge is -2.28. The number of nitrogens with zero attached hydrogens (tertiary/aromatic N) is 4. The Hall–Kier alpha value is -2.89. The molecule has 1 unspecified atom stereocenters. The quantitative estimate of drug-likeness (QED) is 0.624. The third kappa shape index (κ3) is 2.73. The molecular formula is C23H24FN5. The van der Waals surface area contributed by atoms with Gasteiger partial charge in [0.25, 0.3) is 0 Å². The Morgan fingerprint density at radius 2 is 2.10 bits per heavy atom. The molecule has 2 aliphatic heterocycles. The lowest BCUT2D eigenvalue weighted by molar-refractivity contribution is 0.536. The highest BCUT2D eigenvalue weighted by Crippen LogP contribution is 2.44. The highest BCUT2D eigenvalue weighted by atomic mass is 19.1.